The summed E-state index contributed by atoms with van der Waals surface area (Å²) in [6.07, 6.45) is 0.0767. The Morgan fingerprint density at radius 1 is 1.33 bits per heavy atom. The number of benzene rings is 1. The molecule has 1 heterocycles. The fraction of sp³-hybridized carbons (Fsp3) is 0.526. The monoisotopic (exact) mass is 393 g/mol. The number of para-hydroxylation sites is 1. The summed E-state index contributed by atoms with van der Waals surface area (Å²) in [5, 5.41) is 17.5. The highest BCUT2D eigenvalue weighted by molar-refractivity contribution is 7.08. The Balaban J connectivity index is 2.10. The van der Waals surface area contributed by atoms with Gasteiger partial charge in [0.05, 0.1) is 6.61 Å². The van der Waals surface area contributed by atoms with Crippen molar-refractivity contribution in [1.82, 2.24) is 14.9 Å². The predicted octanol–water partition coefficient (Wildman–Crippen LogP) is 2.90. The number of nitrogens with one attached hydrogen (secondary N) is 1. The Labute approximate surface area is 163 Å². The average molecular weight is 394 g/mol. The van der Waals surface area contributed by atoms with Gasteiger partial charge in [-0.3, -0.25) is 0 Å². The third kappa shape index (κ3) is 6.57. The van der Waals surface area contributed by atoms with E-state index in [4.69, 9.17) is 9.47 Å². The first kappa shape index (κ1) is 21.3. The first-order valence-electron chi connectivity index (χ1n) is 8.96. The molecule has 0 fully saturated rings. The summed E-state index contributed by atoms with van der Waals surface area (Å²) >= 11 is 0.996. The second kappa shape index (κ2) is 9.77. The van der Waals surface area contributed by atoms with Crippen LogP contribution < -0.4 is 10.1 Å². The Kier molecular flexibility index (Phi) is 7.70. The number of rotatable bonds is 9. The highest BCUT2D eigenvalue weighted by Crippen LogP contribution is 2.32. The van der Waals surface area contributed by atoms with Gasteiger partial charge in [0.2, 0.25) is 0 Å². The first-order valence-corrected chi connectivity index (χ1v) is 9.74. The second-order valence-electron chi connectivity index (χ2n) is 7.18. The molecule has 0 spiro atoms. The minimum atomic E-state index is -0.667. The van der Waals surface area contributed by atoms with Crippen LogP contribution >= 0.6 is 11.5 Å². The molecule has 0 saturated heterocycles. The van der Waals surface area contributed by atoms with Gasteiger partial charge in [0.15, 0.2) is 4.88 Å². The van der Waals surface area contributed by atoms with Crippen LogP contribution in [0.2, 0.25) is 0 Å². The summed E-state index contributed by atoms with van der Waals surface area (Å²) in [5.41, 5.74) is 0.989. The quantitative estimate of drug-likeness (QED) is 0.633. The molecule has 27 heavy (non-hydrogen) atoms. The van der Waals surface area contributed by atoms with E-state index in [0.29, 0.717) is 35.0 Å². The minimum absolute atomic E-state index is 0.0844. The summed E-state index contributed by atoms with van der Waals surface area (Å²) in [4.78, 5) is 12.6. The number of hydrogen-bond acceptors (Lipinski definition) is 8. The largest absolute Gasteiger partial charge is 0.490 e. The number of aliphatic hydroxyl groups is 1. The zero-order valence-corrected chi connectivity index (χ0v) is 17.0. The van der Waals surface area contributed by atoms with Crippen molar-refractivity contribution in [2.45, 2.75) is 45.8 Å². The predicted molar refractivity (Wildman–Crippen MR) is 105 cm³/mol. The SMILES string of the molecule is CCCOC(=O)c1snnc1-c1ccccc1OCC(O)CNC(C)(C)C. The molecule has 0 aliphatic rings. The van der Waals surface area contributed by atoms with E-state index in [0.717, 1.165) is 18.0 Å². The van der Waals surface area contributed by atoms with Crippen LogP contribution in [-0.2, 0) is 4.74 Å². The lowest BCUT2D eigenvalue weighted by molar-refractivity contribution is 0.0511. The van der Waals surface area contributed by atoms with Gasteiger partial charge >= 0.3 is 5.97 Å². The maximum atomic E-state index is 12.2. The lowest BCUT2D eigenvalue weighted by Crippen LogP contribution is -2.42. The number of nitrogens with zero attached hydrogens (tertiary/aromatic N) is 2. The Hall–Kier alpha value is -2.03. The topological polar surface area (TPSA) is 93.6 Å². The van der Waals surface area contributed by atoms with Gasteiger partial charge < -0.3 is 19.9 Å². The van der Waals surface area contributed by atoms with Gasteiger partial charge in [0, 0.05) is 17.6 Å². The van der Waals surface area contributed by atoms with Crippen molar-refractivity contribution in [2.24, 2.45) is 0 Å². The molecule has 2 N–H and O–H groups in total. The standard InChI is InChI=1S/C19H27N3O4S/c1-5-10-25-18(24)17-16(21-22-27-17)14-8-6-7-9-15(14)26-12-13(23)11-20-19(2,3)4/h6-9,13,20,23H,5,10-12H2,1-4H3. The maximum Gasteiger partial charge on any atom is 0.352 e. The third-order valence-electron chi connectivity index (χ3n) is 3.55. The van der Waals surface area contributed by atoms with E-state index < -0.39 is 12.1 Å². The number of aromatic nitrogens is 2. The number of β-amino-alcohol motifs (C(OH)–C–C–N with tert-alkyl or cyclic N) is 1. The van der Waals surface area contributed by atoms with Crippen molar-refractivity contribution < 1.29 is 19.4 Å². The molecule has 1 atom stereocenters. The summed E-state index contributed by atoms with van der Waals surface area (Å²) in [6.45, 7) is 8.91. The Bertz CT molecular complexity index is 743. The van der Waals surface area contributed by atoms with Gasteiger partial charge in [0.25, 0.3) is 0 Å². The van der Waals surface area contributed by atoms with E-state index in [1.165, 1.54) is 0 Å². The van der Waals surface area contributed by atoms with Gasteiger partial charge in [0.1, 0.15) is 24.2 Å². The van der Waals surface area contributed by atoms with Crippen LogP contribution in [0.3, 0.4) is 0 Å². The van der Waals surface area contributed by atoms with E-state index in [9.17, 15) is 9.90 Å². The van der Waals surface area contributed by atoms with Crippen LogP contribution in [0.5, 0.6) is 5.75 Å². The first-order chi connectivity index (χ1) is 12.8. The van der Waals surface area contributed by atoms with Crippen LogP contribution in [0.25, 0.3) is 11.3 Å². The molecule has 0 bridgehead atoms. The van der Waals surface area contributed by atoms with E-state index >= 15 is 0 Å². The lowest BCUT2D eigenvalue weighted by Gasteiger charge is -2.23. The van der Waals surface area contributed by atoms with Crippen molar-refractivity contribution in [2.75, 3.05) is 19.8 Å². The Morgan fingerprint density at radius 2 is 2.07 bits per heavy atom. The normalized spacial score (nSPS) is 12.6. The van der Waals surface area contributed by atoms with Crippen LogP contribution in [0.15, 0.2) is 24.3 Å². The third-order valence-corrected chi connectivity index (χ3v) is 4.26. The minimum Gasteiger partial charge on any atom is -0.490 e. The molecule has 0 radical (unpaired) electrons. The van der Waals surface area contributed by atoms with Crippen molar-refractivity contribution in [3.8, 4) is 17.0 Å². The summed E-state index contributed by atoms with van der Waals surface area (Å²) < 4.78 is 14.9. The smallest absolute Gasteiger partial charge is 0.352 e. The highest BCUT2D eigenvalue weighted by Gasteiger charge is 2.22. The maximum absolute atomic E-state index is 12.2. The van der Waals surface area contributed by atoms with E-state index in [1.807, 2.05) is 45.9 Å². The van der Waals surface area contributed by atoms with Crippen molar-refractivity contribution >= 4 is 17.5 Å². The van der Waals surface area contributed by atoms with E-state index in [1.54, 1.807) is 6.07 Å². The molecular weight excluding hydrogens is 366 g/mol. The lowest BCUT2D eigenvalue weighted by atomic mass is 10.1. The van der Waals surface area contributed by atoms with Gasteiger partial charge in [-0.2, -0.15) is 0 Å². The number of hydrogen-bond donors (Lipinski definition) is 2. The molecule has 1 unspecified atom stereocenters. The van der Waals surface area contributed by atoms with Gasteiger partial charge in [-0.05, 0) is 50.9 Å². The molecule has 148 valence electrons. The van der Waals surface area contributed by atoms with Crippen LogP contribution in [-0.4, -0.2) is 52.1 Å². The van der Waals surface area contributed by atoms with Gasteiger partial charge in [-0.1, -0.05) is 23.5 Å². The van der Waals surface area contributed by atoms with E-state index in [-0.39, 0.29) is 12.1 Å². The molecule has 0 saturated carbocycles. The second-order valence-corrected chi connectivity index (χ2v) is 7.93. The molecule has 1 aromatic carbocycles. The van der Waals surface area contributed by atoms with Crippen molar-refractivity contribution in [3.63, 3.8) is 0 Å². The van der Waals surface area contributed by atoms with Crippen molar-refractivity contribution in [3.05, 3.63) is 29.1 Å². The molecule has 0 amide bonds. The summed E-state index contributed by atoms with van der Waals surface area (Å²) in [6, 6.07) is 7.25. The van der Waals surface area contributed by atoms with Crippen LogP contribution in [0.1, 0.15) is 43.8 Å². The number of aliphatic hydroxyl groups excluding tert-OH is 1. The molecule has 7 nitrogen and oxygen atoms in total. The van der Waals surface area contributed by atoms with Gasteiger partial charge in [-0.15, -0.1) is 5.10 Å². The van der Waals surface area contributed by atoms with Gasteiger partial charge in [-0.25, -0.2) is 4.79 Å². The number of esters is 1. The van der Waals surface area contributed by atoms with Crippen molar-refractivity contribution in [1.29, 1.82) is 0 Å². The molecule has 0 aliphatic heterocycles. The molecule has 8 heteroatoms. The Morgan fingerprint density at radius 3 is 2.78 bits per heavy atom. The number of carbonyl (C=O) groups excluding carboxylic acids is 1. The van der Waals surface area contributed by atoms with Crippen LogP contribution in [0.4, 0.5) is 0 Å². The fourth-order valence-corrected chi connectivity index (χ4v) is 2.79. The molecular formula is C19H27N3O4S. The van der Waals surface area contributed by atoms with E-state index in [2.05, 4.69) is 14.9 Å². The zero-order valence-electron chi connectivity index (χ0n) is 16.2. The average Bonchev–Trinajstić information content (AvgIpc) is 3.12. The number of ether oxygens (including phenoxy) is 2. The summed E-state index contributed by atoms with van der Waals surface area (Å²) in [7, 11) is 0. The number of carbonyl (C=O) groups is 1. The molecule has 2 rings (SSSR count). The molecule has 0 aliphatic carbocycles. The molecule has 1 aromatic heterocycles. The summed E-state index contributed by atoms with van der Waals surface area (Å²) in [5.74, 6) is 0.0932. The highest BCUT2D eigenvalue weighted by atomic mass is 32.1. The van der Waals surface area contributed by atoms with Crippen LogP contribution in [0, 0.1) is 0 Å². The molecule has 2 aromatic rings. The zero-order chi connectivity index (χ0) is 19.9. The fourth-order valence-electron chi connectivity index (χ4n) is 2.22.